The third kappa shape index (κ3) is 2.76. The Labute approximate surface area is 129 Å². The van der Waals surface area contributed by atoms with E-state index in [0.717, 1.165) is 17.0 Å². The summed E-state index contributed by atoms with van der Waals surface area (Å²) in [7, 11) is 2.07. The van der Waals surface area contributed by atoms with Gasteiger partial charge in [-0.1, -0.05) is 18.2 Å². The van der Waals surface area contributed by atoms with Gasteiger partial charge in [-0.2, -0.15) is 0 Å². The monoisotopic (exact) mass is 297 g/mol. The molecule has 3 aromatic rings. The second-order valence-corrected chi connectivity index (χ2v) is 6.00. The number of aryl methyl sites for hydroxylation is 1. The van der Waals surface area contributed by atoms with Gasteiger partial charge in [0, 0.05) is 17.6 Å². The number of thioether (sulfide) groups is 1. The molecule has 2 aromatic carbocycles. The number of nitrogens with zero attached hydrogens (tertiary/aromatic N) is 2. The quantitative estimate of drug-likeness (QED) is 0.721. The van der Waals surface area contributed by atoms with Crippen LogP contribution in [-0.4, -0.2) is 15.8 Å². The van der Waals surface area contributed by atoms with Crippen LogP contribution in [0.15, 0.2) is 53.4 Å². The largest absolute Gasteiger partial charge is 0.375 e. The lowest BCUT2D eigenvalue weighted by molar-refractivity contribution is 0.733. The van der Waals surface area contributed by atoms with Crippen molar-refractivity contribution in [2.24, 2.45) is 7.05 Å². The predicted octanol–water partition coefficient (Wildman–Crippen LogP) is 4.47. The van der Waals surface area contributed by atoms with Crippen LogP contribution in [0.1, 0.15) is 18.8 Å². The van der Waals surface area contributed by atoms with Gasteiger partial charge in [0.1, 0.15) is 5.82 Å². The number of rotatable bonds is 4. The van der Waals surface area contributed by atoms with Crippen LogP contribution in [-0.2, 0) is 7.05 Å². The first kappa shape index (κ1) is 14.0. The molecule has 0 bridgehead atoms. The molecule has 0 aliphatic rings. The fourth-order valence-corrected chi connectivity index (χ4v) is 3.04. The highest BCUT2D eigenvalue weighted by molar-refractivity contribution is 7.98. The van der Waals surface area contributed by atoms with Crippen LogP contribution in [0.25, 0.3) is 11.0 Å². The Bertz CT molecular complexity index is 764. The van der Waals surface area contributed by atoms with E-state index >= 15 is 0 Å². The molecule has 1 N–H and O–H groups in total. The normalized spacial score (nSPS) is 12.5. The third-order valence-corrected chi connectivity index (χ3v) is 4.39. The predicted molar refractivity (Wildman–Crippen MR) is 91.0 cm³/mol. The van der Waals surface area contributed by atoms with Crippen LogP contribution in [0.5, 0.6) is 0 Å². The smallest absolute Gasteiger partial charge is 0.131 e. The molecule has 21 heavy (non-hydrogen) atoms. The number of para-hydroxylation sites is 2. The average Bonchev–Trinajstić information content (AvgIpc) is 2.85. The third-order valence-electron chi connectivity index (χ3n) is 3.66. The van der Waals surface area contributed by atoms with Gasteiger partial charge in [0.05, 0.1) is 17.1 Å². The zero-order valence-electron chi connectivity index (χ0n) is 12.5. The number of benzene rings is 2. The van der Waals surface area contributed by atoms with Crippen molar-refractivity contribution in [2.75, 3.05) is 11.6 Å². The minimum Gasteiger partial charge on any atom is -0.375 e. The molecule has 0 fully saturated rings. The Hall–Kier alpha value is -1.94. The van der Waals surface area contributed by atoms with Crippen molar-refractivity contribution < 1.29 is 0 Å². The Morgan fingerprint density at radius 2 is 1.95 bits per heavy atom. The molecule has 4 heteroatoms. The van der Waals surface area contributed by atoms with E-state index in [4.69, 9.17) is 4.98 Å². The van der Waals surface area contributed by atoms with Gasteiger partial charge in [-0.3, -0.25) is 0 Å². The average molecular weight is 297 g/mol. The van der Waals surface area contributed by atoms with E-state index < -0.39 is 0 Å². The number of imidazole rings is 1. The Balaban J connectivity index is 1.89. The molecule has 108 valence electrons. The highest BCUT2D eigenvalue weighted by atomic mass is 32.2. The van der Waals surface area contributed by atoms with Crippen molar-refractivity contribution in [3.8, 4) is 0 Å². The first-order valence-corrected chi connectivity index (χ1v) is 8.23. The van der Waals surface area contributed by atoms with E-state index in [1.165, 1.54) is 10.4 Å². The summed E-state index contributed by atoms with van der Waals surface area (Å²) in [5.74, 6) is 1.05. The molecule has 0 saturated carbocycles. The second-order valence-electron chi connectivity index (χ2n) is 5.12. The minimum absolute atomic E-state index is 0.152. The van der Waals surface area contributed by atoms with Gasteiger partial charge in [-0.15, -0.1) is 11.8 Å². The van der Waals surface area contributed by atoms with Crippen LogP contribution < -0.4 is 5.32 Å². The summed E-state index contributed by atoms with van der Waals surface area (Å²) < 4.78 is 2.16. The summed E-state index contributed by atoms with van der Waals surface area (Å²) >= 11 is 1.75. The van der Waals surface area contributed by atoms with Crippen molar-refractivity contribution in [1.29, 1.82) is 0 Å². The van der Waals surface area contributed by atoms with Gasteiger partial charge in [0.2, 0.25) is 0 Å². The molecule has 0 radical (unpaired) electrons. The van der Waals surface area contributed by atoms with Gasteiger partial charge in [0.15, 0.2) is 0 Å². The maximum atomic E-state index is 4.75. The van der Waals surface area contributed by atoms with E-state index in [-0.39, 0.29) is 6.04 Å². The zero-order valence-corrected chi connectivity index (χ0v) is 13.3. The van der Waals surface area contributed by atoms with Gasteiger partial charge in [-0.05, 0) is 43.5 Å². The number of nitrogens with one attached hydrogen (secondary N) is 1. The molecule has 0 spiro atoms. The molecule has 3 rings (SSSR count). The molecular weight excluding hydrogens is 278 g/mol. The van der Waals surface area contributed by atoms with Crippen LogP contribution >= 0.6 is 11.8 Å². The number of fused-ring (bicyclic) bond motifs is 1. The highest BCUT2D eigenvalue weighted by Crippen LogP contribution is 2.25. The lowest BCUT2D eigenvalue weighted by Gasteiger charge is -2.15. The Kier molecular flexibility index (Phi) is 3.88. The van der Waals surface area contributed by atoms with Crippen molar-refractivity contribution in [2.45, 2.75) is 17.9 Å². The lowest BCUT2D eigenvalue weighted by Crippen LogP contribution is -2.12. The molecule has 0 aliphatic heterocycles. The highest BCUT2D eigenvalue weighted by Gasteiger charge is 2.14. The van der Waals surface area contributed by atoms with E-state index in [2.05, 4.69) is 66.5 Å². The van der Waals surface area contributed by atoms with Gasteiger partial charge in [0.25, 0.3) is 0 Å². The van der Waals surface area contributed by atoms with Crippen molar-refractivity contribution in [1.82, 2.24) is 9.55 Å². The van der Waals surface area contributed by atoms with Crippen molar-refractivity contribution >= 4 is 28.5 Å². The summed E-state index contributed by atoms with van der Waals surface area (Å²) in [6.07, 6.45) is 2.09. The standard InChI is InChI=1S/C17H19N3S/c1-12(18-13-7-6-8-14(11-13)21-3)17-19-15-9-4-5-10-16(15)20(17)2/h4-12,18H,1-3H3. The van der Waals surface area contributed by atoms with E-state index in [0.29, 0.717) is 0 Å². The number of hydrogen-bond donors (Lipinski definition) is 1. The van der Waals surface area contributed by atoms with E-state index in [1.54, 1.807) is 11.8 Å². The molecule has 1 atom stereocenters. The first-order valence-electron chi connectivity index (χ1n) is 7.01. The Morgan fingerprint density at radius 3 is 2.71 bits per heavy atom. The fourth-order valence-electron chi connectivity index (χ4n) is 2.58. The molecule has 0 amide bonds. The molecule has 1 aromatic heterocycles. The molecule has 0 aliphatic carbocycles. The number of aromatic nitrogens is 2. The maximum absolute atomic E-state index is 4.75. The summed E-state index contributed by atoms with van der Waals surface area (Å²) in [5.41, 5.74) is 3.34. The van der Waals surface area contributed by atoms with Crippen LogP contribution in [0.4, 0.5) is 5.69 Å². The van der Waals surface area contributed by atoms with Crippen LogP contribution in [0.3, 0.4) is 0 Å². The minimum atomic E-state index is 0.152. The van der Waals surface area contributed by atoms with Crippen LogP contribution in [0, 0.1) is 0 Å². The van der Waals surface area contributed by atoms with Gasteiger partial charge in [-0.25, -0.2) is 4.98 Å². The number of hydrogen-bond acceptors (Lipinski definition) is 3. The molecule has 0 saturated heterocycles. The van der Waals surface area contributed by atoms with Gasteiger partial charge >= 0.3 is 0 Å². The molecule has 3 nitrogen and oxygen atoms in total. The van der Waals surface area contributed by atoms with E-state index in [1.807, 2.05) is 12.1 Å². The van der Waals surface area contributed by atoms with Gasteiger partial charge < -0.3 is 9.88 Å². The van der Waals surface area contributed by atoms with E-state index in [9.17, 15) is 0 Å². The molecular formula is C17H19N3S. The summed E-state index contributed by atoms with van der Waals surface area (Å²) in [5, 5.41) is 3.54. The second kappa shape index (κ2) is 5.82. The fraction of sp³-hybridized carbons (Fsp3) is 0.235. The topological polar surface area (TPSA) is 29.9 Å². The summed E-state index contributed by atoms with van der Waals surface area (Å²) in [4.78, 5) is 6.01. The SMILES string of the molecule is CSc1cccc(NC(C)c2nc3ccccc3n2C)c1. The van der Waals surface area contributed by atoms with Crippen LogP contribution in [0.2, 0.25) is 0 Å². The Morgan fingerprint density at radius 1 is 1.14 bits per heavy atom. The van der Waals surface area contributed by atoms with Crippen molar-refractivity contribution in [3.63, 3.8) is 0 Å². The van der Waals surface area contributed by atoms with Crippen molar-refractivity contribution in [3.05, 3.63) is 54.4 Å². The maximum Gasteiger partial charge on any atom is 0.131 e. The zero-order chi connectivity index (χ0) is 14.8. The molecule has 1 unspecified atom stereocenters. The molecule has 1 heterocycles. The number of anilines is 1. The summed E-state index contributed by atoms with van der Waals surface area (Å²) in [6.45, 7) is 2.15. The first-order chi connectivity index (χ1) is 10.2. The summed E-state index contributed by atoms with van der Waals surface area (Å²) in [6, 6.07) is 16.9. The lowest BCUT2D eigenvalue weighted by atomic mass is 10.2.